The van der Waals surface area contributed by atoms with Crippen molar-refractivity contribution in [2.75, 3.05) is 0 Å². The first-order valence-corrected chi connectivity index (χ1v) is 8.81. The van der Waals surface area contributed by atoms with Gasteiger partial charge >= 0.3 is 29.6 Å². The molecule has 6 heteroatoms. The normalized spacial score (nSPS) is 11.9. The van der Waals surface area contributed by atoms with Gasteiger partial charge in [0.1, 0.15) is 5.50 Å². The molecule has 22 heavy (non-hydrogen) atoms. The van der Waals surface area contributed by atoms with Crippen molar-refractivity contribution in [2.24, 2.45) is 0 Å². The summed E-state index contributed by atoms with van der Waals surface area (Å²) in [5.74, 6) is 0. The molecule has 0 spiro atoms. The molecular formula is C16H14NaO3PS. The van der Waals surface area contributed by atoms with E-state index in [1.807, 2.05) is 36.4 Å². The maximum absolute atomic E-state index is 11.1. The average molecular weight is 340 g/mol. The van der Waals surface area contributed by atoms with E-state index < -0.39 is 19.0 Å². The third kappa shape index (κ3) is 3.96. The monoisotopic (exact) mass is 340 g/mol. The summed E-state index contributed by atoms with van der Waals surface area (Å²) in [6.45, 7) is 0. The van der Waals surface area contributed by atoms with Crippen LogP contribution in [0, 0.1) is 0 Å². The second kappa shape index (κ2) is 8.21. The quantitative estimate of drug-likeness (QED) is 0.404. The van der Waals surface area contributed by atoms with Crippen molar-refractivity contribution in [3.05, 3.63) is 72.8 Å². The van der Waals surface area contributed by atoms with Crippen molar-refractivity contribution in [3.8, 4) is 0 Å². The van der Waals surface area contributed by atoms with Gasteiger partial charge in [0.2, 0.25) is 16.2 Å². The molecule has 0 saturated carbocycles. The average Bonchev–Trinajstić information content (AvgIpc) is 3.00. The van der Waals surface area contributed by atoms with E-state index in [4.69, 9.17) is 8.97 Å². The van der Waals surface area contributed by atoms with Crippen LogP contribution in [0.2, 0.25) is 0 Å². The Kier molecular flexibility index (Phi) is 6.57. The predicted molar refractivity (Wildman–Crippen MR) is 87.6 cm³/mol. The van der Waals surface area contributed by atoms with Gasteiger partial charge in [-0.05, 0) is 22.7 Å². The van der Waals surface area contributed by atoms with Crippen LogP contribution in [0.15, 0.2) is 82.3 Å². The second-order valence-electron chi connectivity index (χ2n) is 4.35. The topological polar surface area (TPSA) is 50.4 Å². The Morgan fingerprint density at radius 1 is 0.864 bits per heavy atom. The molecule has 0 radical (unpaired) electrons. The summed E-state index contributed by atoms with van der Waals surface area (Å²) >= 11 is -2.09. The van der Waals surface area contributed by atoms with Crippen molar-refractivity contribution in [1.82, 2.24) is 0 Å². The van der Waals surface area contributed by atoms with E-state index in [2.05, 4.69) is 24.3 Å². The van der Waals surface area contributed by atoms with Crippen LogP contribution in [0.1, 0.15) is 1.43 Å². The first kappa shape index (κ1) is 17.6. The fraction of sp³-hybridized carbons (Fsp3) is 0. The molecule has 0 aliphatic heterocycles. The number of hydrogen-bond acceptors (Lipinski definition) is 2. The van der Waals surface area contributed by atoms with Crippen molar-refractivity contribution >= 4 is 35.1 Å². The molecule has 1 atom stereocenters. The number of hydrogen-bond donors (Lipinski definition) is 1. The zero-order valence-corrected chi connectivity index (χ0v) is 15.8. The maximum atomic E-state index is 11.1. The van der Waals surface area contributed by atoms with Gasteiger partial charge in [-0.1, -0.05) is 60.7 Å². The molecule has 0 aliphatic rings. The van der Waals surface area contributed by atoms with Gasteiger partial charge in [-0.3, -0.25) is 4.55 Å². The zero-order chi connectivity index (χ0) is 14.7. The molecular weight excluding hydrogens is 326 g/mol. The first-order valence-electron chi connectivity index (χ1n) is 6.36. The van der Waals surface area contributed by atoms with Crippen molar-refractivity contribution in [3.63, 3.8) is 0 Å². The number of benzene rings is 2. The summed E-state index contributed by atoms with van der Waals surface area (Å²) in [6, 6.07) is 23.5. The molecule has 0 aliphatic carbocycles. The Bertz CT molecular complexity index is 713. The zero-order valence-electron chi connectivity index (χ0n) is 13.0. The SMILES string of the molecule is O=S(O)c1ccc(P(c2ccccc2)c2ccccc2)o1.[H-].[Na+]. The van der Waals surface area contributed by atoms with Gasteiger partial charge in [0.25, 0.3) is 0 Å². The van der Waals surface area contributed by atoms with E-state index in [0.717, 1.165) is 16.1 Å². The Hall–Kier alpha value is -0.740. The molecule has 3 aromatic rings. The van der Waals surface area contributed by atoms with Crippen LogP contribution in [-0.2, 0) is 11.1 Å². The van der Waals surface area contributed by atoms with Crippen LogP contribution in [0.4, 0.5) is 0 Å². The summed E-state index contributed by atoms with van der Waals surface area (Å²) in [7, 11) is -0.862. The summed E-state index contributed by atoms with van der Waals surface area (Å²) in [6.07, 6.45) is 0. The van der Waals surface area contributed by atoms with E-state index in [1.54, 1.807) is 12.1 Å². The number of furan rings is 1. The van der Waals surface area contributed by atoms with Crippen LogP contribution < -0.4 is 45.7 Å². The minimum absolute atomic E-state index is 0. The van der Waals surface area contributed by atoms with Gasteiger partial charge in [0.05, 0.1) is 0 Å². The van der Waals surface area contributed by atoms with Gasteiger partial charge in [0.15, 0.2) is 0 Å². The van der Waals surface area contributed by atoms with Gasteiger partial charge in [-0.25, -0.2) is 4.21 Å². The van der Waals surface area contributed by atoms with E-state index in [1.165, 1.54) is 0 Å². The van der Waals surface area contributed by atoms with E-state index in [9.17, 15) is 4.21 Å². The molecule has 1 unspecified atom stereocenters. The van der Waals surface area contributed by atoms with Gasteiger partial charge in [-0.2, -0.15) is 0 Å². The van der Waals surface area contributed by atoms with Crippen LogP contribution in [0.3, 0.4) is 0 Å². The smallest absolute Gasteiger partial charge is 1.00 e. The van der Waals surface area contributed by atoms with Crippen molar-refractivity contribution in [2.45, 2.75) is 5.09 Å². The molecule has 1 heterocycles. The predicted octanol–water partition coefficient (Wildman–Crippen LogP) is -0.265. The van der Waals surface area contributed by atoms with Gasteiger partial charge in [-0.15, -0.1) is 0 Å². The van der Waals surface area contributed by atoms with E-state index in [-0.39, 0.29) is 36.1 Å². The Morgan fingerprint density at radius 3 is 1.77 bits per heavy atom. The largest absolute Gasteiger partial charge is 1.00 e. The molecule has 2 aromatic carbocycles. The molecule has 3 rings (SSSR count). The first-order chi connectivity index (χ1) is 10.3. The third-order valence-corrected chi connectivity index (χ3v) is 5.86. The summed E-state index contributed by atoms with van der Waals surface area (Å²) < 4.78 is 25.9. The fourth-order valence-electron chi connectivity index (χ4n) is 2.08. The summed E-state index contributed by atoms with van der Waals surface area (Å²) in [4.78, 5) is 0. The molecule has 0 bridgehead atoms. The maximum Gasteiger partial charge on any atom is 1.00 e. The standard InChI is InChI=1S/C16H13O3PS.Na.H/c17-21(18)16-12-11-15(19-16)20(13-7-3-1-4-8-13)14-9-5-2-6-10-14;;/h1-12H,(H,17,18);;/q;+1;-1. The molecule has 1 aromatic heterocycles. The Morgan fingerprint density at radius 2 is 1.36 bits per heavy atom. The Labute approximate surface area is 156 Å². The minimum atomic E-state index is -2.09. The van der Waals surface area contributed by atoms with Crippen LogP contribution in [0.25, 0.3) is 0 Å². The Balaban J connectivity index is 0.00000132. The van der Waals surface area contributed by atoms with Gasteiger partial charge in [0, 0.05) is 7.92 Å². The molecule has 108 valence electrons. The summed E-state index contributed by atoms with van der Waals surface area (Å²) in [5, 5.41) is 2.37. The van der Waals surface area contributed by atoms with Crippen LogP contribution in [0.5, 0.6) is 0 Å². The van der Waals surface area contributed by atoms with E-state index >= 15 is 0 Å². The van der Waals surface area contributed by atoms with Crippen molar-refractivity contribution in [1.29, 1.82) is 0 Å². The van der Waals surface area contributed by atoms with Crippen LogP contribution >= 0.6 is 7.92 Å². The molecule has 3 nitrogen and oxygen atoms in total. The summed E-state index contributed by atoms with van der Waals surface area (Å²) in [5.41, 5.74) is 0.722. The number of rotatable bonds is 4. The fourth-order valence-corrected chi connectivity index (χ4v) is 4.65. The van der Waals surface area contributed by atoms with Crippen LogP contribution in [-0.4, -0.2) is 8.76 Å². The van der Waals surface area contributed by atoms with Gasteiger partial charge < -0.3 is 5.84 Å². The molecule has 0 fully saturated rings. The third-order valence-electron chi connectivity index (χ3n) is 2.99. The van der Waals surface area contributed by atoms with E-state index in [0.29, 0.717) is 0 Å². The molecule has 0 saturated heterocycles. The van der Waals surface area contributed by atoms with Crippen molar-refractivity contribution < 1.29 is 44.2 Å². The molecule has 1 N–H and O–H groups in total. The second-order valence-corrected chi connectivity index (χ2v) is 7.39. The molecule has 0 amide bonds. The minimum Gasteiger partial charge on any atom is -1.00 e.